The Morgan fingerprint density at radius 1 is 1.04 bits per heavy atom. The molecule has 4 rings (SSSR count). The summed E-state index contributed by atoms with van der Waals surface area (Å²) in [5.74, 6) is -0.512. The lowest BCUT2D eigenvalue weighted by molar-refractivity contribution is -0.123. The van der Waals surface area contributed by atoms with E-state index in [1.54, 1.807) is 48.5 Å². The molecule has 1 N–H and O–H groups in total. The van der Waals surface area contributed by atoms with Crippen LogP contribution in [-0.2, 0) is 11.3 Å². The molecule has 1 aromatic heterocycles. The zero-order chi connectivity index (χ0) is 19.0. The van der Waals surface area contributed by atoms with Crippen LogP contribution >= 0.6 is 11.6 Å². The highest BCUT2D eigenvalue weighted by Gasteiger charge is 2.33. The van der Waals surface area contributed by atoms with Crippen LogP contribution in [0.3, 0.4) is 0 Å². The fourth-order valence-corrected chi connectivity index (χ4v) is 2.96. The van der Waals surface area contributed by atoms with E-state index in [1.807, 2.05) is 0 Å². The number of nitrogens with zero attached hydrogens (tertiary/aromatic N) is 1. The Labute approximate surface area is 158 Å². The maximum absolute atomic E-state index is 12.6. The van der Waals surface area contributed by atoms with Crippen LogP contribution in [0.2, 0.25) is 5.02 Å². The normalized spacial score (nSPS) is 15.6. The summed E-state index contributed by atoms with van der Waals surface area (Å²) < 4.78 is 5.43. The minimum atomic E-state index is -0.550. The molecule has 1 saturated heterocycles. The van der Waals surface area contributed by atoms with E-state index in [-0.39, 0.29) is 23.2 Å². The Morgan fingerprint density at radius 3 is 2.56 bits per heavy atom. The van der Waals surface area contributed by atoms with Crippen molar-refractivity contribution in [2.75, 3.05) is 0 Å². The van der Waals surface area contributed by atoms with Gasteiger partial charge in [-0.2, -0.15) is 0 Å². The number of carbonyl (C=O) groups excluding carboxylic acids is 2. The number of hydrogen-bond donors (Lipinski definition) is 1. The molecule has 6 nitrogen and oxygen atoms in total. The van der Waals surface area contributed by atoms with Crippen LogP contribution in [0, 0.1) is 0 Å². The minimum Gasteiger partial charge on any atom is -0.463 e. The summed E-state index contributed by atoms with van der Waals surface area (Å²) in [5, 5.41) is 3.47. The number of imide groups is 1. The molecule has 0 radical (unpaired) electrons. The predicted molar refractivity (Wildman–Crippen MR) is 101 cm³/mol. The molecular weight excluding hydrogens is 368 g/mol. The Kier molecular flexibility index (Phi) is 4.25. The number of para-hydroxylation sites is 1. The molecule has 3 amide bonds. The van der Waals surface area contributed by atoms with E-state index in [0.717, 1.165) is 10.5 Å². The van der Waals surface area contributed by atoms with E-state index in [0.29, 0.717) is 16.0 Å². The molecule has 3 aromatic rings. The maximum Gasteiger partial charge on any atom is 0.329 e. The van der Waals surface area contributed by atoms with Crippen LogP contribution in [0.5, 0.6) is 0 Å². The van der Waals surface area contributed by atoms with Gasteiger partial charge in [0.05, 0.1) is 17.5 Å². The third-order valence-corrected chi connectivity index (χ3v) is 4.47. The average Bonchev–Trinajstić information content (AvgIpc) is 2.93. The van der Waals surface area contributed by atoms with Gasteiger partial charge in [0.1, 0.15) is 17.5 Å². The van der Waals surface area contributed by atoms with Gasteiger partial charge in [-0.05, 0) is 35.9 Å². The van der Waals surface area contributed by atoms with Crippen LogP contribution in [-0.4, -0.2) is 16.8 Å². The highest BCUT2D eigenvalue weighted by atomic mass is 35.5. The van der Waals surface area contributed by atoms with Crippen molar-refractivity contribution in [1.29, 1.82) is 0 Å². The summed E-state index contributed by atoms with van der Waals surface area (Å²) in [5.41, 5.74) is 1.15. The number of carbonyl (C=O) groups is 2. The molecule has 27 heavy (non-hydrogen) atoms. The van der Waals surface area contributed by atoms with Gasteiger partial charge in [-0.15, -0.1) is 0 Å². The Bertz CT molecular complexity index is 1150. The second-order valence-electron chi connectivity index (χ2n) is 6.02. The molecule has 1 aliphatic rings. The lowest BCUT2D eigenvalue weighted by Gasteiger charge is -2.11. The van der Waals surface area contributed by atoms with Crippen molar-refractivity contribution < 1.29 is 14.0 Å². The van der Waals surface area contributed by atoms with Crippen molar-refractivity contribution in [3.05, 3.63) is 86.9 Å². The van der Waals surface area contributed by atoms with Crippen LogP contribution in [0.1, 0.15) is 11.1 Å². The van der Waals surface area contributed by atoms with Crippen molar-refractivity contribution in [2.45, 2.75) is 6.54 Å². The molecule has 0 aliphatic carbocycles. The van der Waals surface area contributed by atoms with E-state index in [4.69, 9.17) is 16.0 Å². The van der Waals surface area contributed by atoms with Gasteiger partial charge in [0.2, 0.25) is 0 Å². The SMILES string of the molecule is O=C1N/C(=C/c2coc3ccccc3c2=O)C(=O)N1Cc1ccc(Cl)cc1. The maximum atomic E-state index is 12.6. The number of hydrogen-bond acceptors (Lipinski definition) is 4. The van der Waals surface area contributed by atoms with Gasteiger partial charge >= 0.3 is 6.03 Å². The molecule has 0 spiro atoms. The monoisotopic (exact) mass is 380 g/mol. The van der Waals surface area contributed by atoms with Crippen LogP contribution < -0.4 is 10.7 Å². The fraction of sp³-hybridized carbons (Fsp3) is 0.0500. The first-order valence-corrected chi connectivity index (χ1v) is 8.50. The highest BCUT2D eigenvalue weighted by Crippen LogP contribution is 2.18. The number of amides is 3. The van der Waals surface area contributed by atoms with E-state index in [2.05, 4.69) is 5.32 Å². The molecule has 1 aliphatic heterocycles. The van der Waals surface area contributed by atoms with E-state index < -0.39 is 11.9 Å². The minimum absolute atomic E-state index is 0.0246. The third-order valence-electron chi connectivity index (χ3n) is 4.22. The highest BCUT2D eigenvalue weighted by molar-refractivity contribution is 6.30. The van der Waals surface area contributed by atoms with Gasteiger partial charge in [0.25, 0.3) is 5.91 Å². The smallest absolute Gasteiger partial charge is 0.329 e. The lowest BCUT2D eigenvalue weighted by Crippen LogP contribution is -2.30. The summed E-state index contributed by atoms with van der Waals surface area (Å²) in [4.78, 5) is 38.4. The number of fused-ring (bicyclic) bond motifs is 1. The first-order chi connectivity index (χ1) is 13.0. The molecule has 0 unspecified atom stereocenters. The second kappa shape index (κ2) is 6.74. The molecule has 0 atom stereocenters. The largest absolute Gasteiger partial charge is 0.463 e. The third kappa shape index (κ3) is 3.22. The molecule has 2 heterocycles. The summed E-state index contributed by atoms with van der Waals surface area (Å²) in [7, 11) is 0. The number of urea groups is 1. The van der Waals surface area contributed by atoms with Gasteiger partial charge in [-0.1, -0.05) is 35.9 Å². The molecule has 134 valence electrons. The number of nitrogens with one attached hydrogen (secondary N) is 1. The van der Waals surface area contributed by atoms with Gasteiger partial charge in [0, 0.05) is 5.02 Å². The van der Waals surface area contributed by atoms with Crippen LogP contribution in [0.25, 0.3) is 17.0 Å². The van der Waals surface area contributed by atoms with Crippen molar-refractivity contribution in [3.8, 4) is 0 Å². The molecular formula is C20H13ClN2O4. The second-order valence-corrected chi connectivity index (χ2v) is 6.46. The topological polar surface area (TPSA) is 79.6 Å². The van der Waals surface area contributed by atoms with Crippen LogP contribution in [0.15, 0.2) is 69.7 Å². The molecule has 1 fully saturated rings. The standard InChI is InChI=1S/C20H13ClN2O4/c21-14-7-5-12(6-8-14)10-23-19(25)16(22-20(23)26)9-13-11-27-17-4-2-1-3-15(17)18(13)24/h1-9,11H,10H2,(H,22,26)/b16-9+. The number of benzene rings is 2. The zero-order valence-electron chi connectivity index (χ0n) is 13.9. The fourth-order valence-electron chi connectivity index (χ4n) is 2.84. The Balaban J connectivity index is 1.64. The van der Waals surface area contributed by atoms with E-state index in [1.165, 1.54) is 12.3 Å². The van der Waals surface area contributed by atoms with Crippen molar-refractivity contribution in [2.24, 2.45) is 0 Å². The van der Waals surface area contributed by atoms with Gasteiger partial charge < -0.3 is 9.73 Å². The predicted octanol–water partition coefficient (Wildman–Crippen LogP) is 3.54. The zero-order valence-corrected chi connectivity index (χ0v) is 14.7. The first-order valence-electron chi connectivity index (χ1n) is 8.12. The van der Waals surface area contributed by atoms with Crippen molar-refractivity contribution in [3.63, 3.8) is 0 Å². The van der Waals surface area contributed by atoms with E-state index in [9.17, 15) is 14.4 Å². The summed E-state index contributed by atoms with van der Waals surface area (Å²) in [6.45, 7) is 0.103. The summed E-state index contributed by atoms with van der Waals surface area (Å²) in [6, 6.07) is 13.1. The number of halogens is 1. The van der Waals surface area contributed by atoms with E-state index >= 15 is 0 Å². The van der Waals surface area contributed by atoms with Gasteiger partial charge in [0.15, 0.2) is 5.43 Å². The van der Waals surface area contributed by atoms with Gasteiger partial charge in [-0.3, -0.25) is 14.5 Å². The quantitative estimate of drug-likeness (QED) is 0.556. The first kappa shape index (κ1) is 17.1. The van der Waals surface area contributed by atoms with Crippen molar-refractivity contribution >= 4 is 40.6 Å². The Hall–Kier alpha value is -3.38. The molecule has 2 aromatic carbocycles. The molecule has 0 bridgehead atoms. The van der Waals surface area contributed by atoms with Crippen molar-refractivity contribution in [1.82, 2.24) is 10.2 Å². The number of rotatable bonds is 3. The average molecular weight is 381 g/mol. The lowest BCUT2D eigenvalue weighted by atomic mass is 10.1. The summed E-state index contributed by atoms with van der Waals surface area (Å²) in [6.07, 6.45) is 2.61. The van der Waals surface area contributed by atoms with Crippen LogP contribution in [0.4, 0.5) is 4.79 Å². The van der Waals surface area contributed by atoms with Gasteiger partial charge in [-0.25, -0.2) is 4.79 Å². The molecule has 7 heteroatoms. The Morgan fingerprint density at radius 2 is 1.78 bits per heavy atom. The molecule has 0 saturated carbocycles. The summed E-state index contributed by atoms with van der Waals surface area (Å²) >= 11 is 5.85.